The molecule has 0 spiro atoms. The highest BCUT2D eigenvalue weighted by atomic mass is 32.2. The summed E-state index contributed by atoms with van der Waals surface area (Å²) in [5, 5.41) is 7.61. The molecular formula is C13H19N3O2S. The molecule has 6 heteroatoms. The first kappa shape index (κ1) is 15.4. The first-order valence-corrected chi connectivity index (χ1v) is 7.95. The van der Waals surface area contributed by atoms with Crippen molar-refractivity contribution in [2.75, 3.05) is 6.26 Å². The van der Waals surface area contributed by atoms with E-state index in [2.05, 4.69) is 10.2 Å². The Balaban J connectivity index is 0.000000861. The Bertz CT molecular complexity index is 643. The third-order valence-electron chi connectivity index (χ3n) is 2.48. The van der Waals surface area contributed by atoms with Crippen LogP contribution in [0.4, 0.5) is 0 Å². The van der Waals surface area contributed by atoms with Gasteiger partial charge in [0, 0.05) is 18.9 Å². The van der Waals surface area contributed by atoms with Crippen LogP contribution >= 0.6 is 0 Å². The average Bonchev–Trinajstić information content (AvgIpc) is 2.75. The van der Waals surface area contributed by atoms with Crippen molar-refractivity contribution in [1.82, 2.24) is 14.8 Å². The number of aromatic nitrogens is 3. The van der Waals surface area contributed by atoms with Gasteiger partial charge in [-0.3, -0.25) is 0 Å². The quantitative estimate of drug-likeness (QED) is 0.846. The second-order valence-electron chi connectivity index (χ2n) is 4.00. The number of hydrogen-bond donors (Lipinski definition) is 0. The number of nitrogens with zero attached hydrogens (tertiary/aromatic N) is 3. The molecule has 1 heterocycles. The Morgan fingerprint density at radius 2 is 1.58 bits per heavy atom. The lowest BCUT2D eigenvalue weighted by Gasteiger charge is -2.02. The monoisotopic (exact) mass is 281 g/mol. The molecule has 0 unspecified atom stereocenters. The van der Waals surface area contributed by atoms with Crippen molar-refractivity contribution in [3.8, 4) is 11.4 Å². The zero-order valence-corrected chi connectivity index (χ0v) is 12.7. The normalized spacial score (nSPS) is 10.8. The number of hydrogen-bond acceptors (Lipinski definition) is 4. The van der Waals surface area contributed by atoms with E-state index in [4.69, 9.17) is 0 Å². The molecular weight excluding hydrogens is 262 g/mol. The summed E-state index contributed by atoms with van der Waals surface area (Å²) >= 11 is 0. The molecule has 2 aromatic rings. The van der Waals surface area contributed by atoms with Gasteiger partial charge in [-0.1, -0.05) is 43.7 Å². The van der Waals surface area contributed by atoms with Gasteiger partial charge in [0.05, 0.1) is 0 Å². The first-order chi connectivity index (χ1) is 8.89. The smallest absolute Gasteiger partial charge is 0.249 e. The van der Waals surface area contributed by atoms with Crippen molar-refractivity contribution in [2.24, 2.45) is 7.05 Å². The van der Waals surface area contributed by atoms with Crippen LogP contribution in [0.3, 0.4) is 0 Å². The fourth-order valence-corrected chi connectivity index (χ4v) is 2.36. The third kappa shape index (κ3) is 3.41. The van der Waals surface area contributed by atoms with E-state index in [1.54, 1.807) is 7.05 Å². The minimum Gasteiger partial charge on any atom is -0.301 e. The molecule has 0 saturated carbocycles. The van der Waals surface area contributed by atoms with Crippen LogP contribution in [0.1, 0.15) is 19.4 Å². The number of aryl methyl sites for hydroxylation is 1. The molecule has 0 aliphatic carbocycles. The Hall–Kier alpha value is -1.69. The summed E-state index contributed by atoms with van der Waals surface area (Å²) in [5.74, 6) is 0.547. The fourth-order valence-electron chi connectivity index (χ4n) is 1.59. The maximum atomic E-state index is 11.4. The fraction of sp³-hybridized carbons (Fsp3) is 0.385. The van der Waals surface area contributed by atoms with E-state index in [0.717, 1.165) is 17.4 Å². The maximum absolute atomic E-state index is 11.4. The van der Waals surface area contributed by atoms with Gasteiger partial charge in [0.2, 0.25) is 15.0 Å². The van der Waals surface area contributed by atoms with Crippen LogP contribution < -0.4 is 0 Å². The van der Waals surface area contributed by atoms with E-state index >= 15 is 0 Å². The summed E-state index contributed by atoms with van der Waals surface area (Å²) in [4.78, 5) is 0. The summed E-state index contributed by atoms with van der Waals surface area (Å²) in [6.07, 6.45) is 1.12. The van der Waals surface area contributed by atoms with Crippen LogP contribution in [-0.4, -0.2) is 29.4 Å². The lowest BCUT2D eigenvalue weighted by atomic mass is 10.1. The Morgan fingerprint density at radius 3 is 2.00 bits per heavy atom. The van der Waals surface area contributed by atoms with Crippen LogP contribution in [0.25, 0.3) is 11.4 Å². The van der Waals surface area contributed by atoms with Gasteiger partial charge in [-0.2, -0.15) is 0 Å². The highest BCUT2D eigenvalue weighted by molar-refractivity contribution is 7.90. The summed E-state index contributed by atoms with van der Waals surface area (Å²) in [6.45, 7) is 5.99. The van der Waals surface area contributed by atoms with Gasteiger partial charge in [0.1, 0.15) is 0 Å². The van der Waals surface area contributed by atoms with E-state index in [-0.39, 0.29) is 5.16 Å². The van der Waals surface area contributed by atoms with E-state index < -0.39 is 9.84 Å². The molecule has 0 fully saturated rings. The SMILES string of the molecule is CC.Cc1ccc(-c2nnc(S(C)(=O)=O)n2C)cc1. The molecule has 19 heavy (non-hydrogen) atoms. The van der Waals surface area contributed by atoms with Gasteiger partial charge < -0.3 is 4.57 Å². The van der Waals surface area contributed by atoms with Crippen molar-refractivity contribution in [3.05, 3.63) is 29.8 Å². The van der Waals surface area contributed by atoms with E-state index in [9.17, 15) is 8.42 Å². The van der Waals surface area contributed by atoms with Crippen LogP contribution in [0.15, 0.2) is 29.4 Å². The largest absolute Gasteiger partial charge is 0.301 e. The Labute approximate surface area is 114 Å². The number of benzene rings is 1. The molecule has 5 nitrogen and oxygen atoms in total. The molecule has 0 bridgehead atoms. The first-order valence-electron chi connectivity index (χ1n) is 6.06. The molecule has 0 N–H and O–H groups in total. The van der Waals surface area contributed by atoms with Gasteiger partial charge in [-0.05, 0) is 6.92 Å². The maximum Gasteiger partial charge on any atom is 0.249 e. The van der Waals surface area contributed by atoms with Crippen molar-refractivity contribution >= 4 is 9.84 Å². The molecule has 0 radical (unpaired) electrons. The highest BCUT2D eigenvalue weighted by Gasteiger charge is 2.18. The van der Waals surface area contributed by atoms with Crippen LogP contribution in [0, 0.1) is 6.92 Å². The minimum absolute atomic E-state index is 0.0203. The molecule has 0 saturated heterocycles. The summed E-state index contributed by atoms with van der Waals surface area (Å²) < 4.78 is 24.3. The van der Waals surface area contributed by atoms with E-state index in [1.165, 1.54) is 4.57 Å². The summed E-state index contributed by atoms with van der Waals surface area (Å²) in [7, 11) is -1.70. The zero-order valence-electron chi connectivity index (χ0n) is 11.9. The summed E-state index contributed by atoms with van der Waals surface area (Å²) in [5.41, 5.74) is 1.99. The number of sulfone groups is 1. The predicted molar refractivity (Wildman–Crippen MR) is 75.6 cm³/mol. The molecule has 1 aromatic heterocycles. The minimum atomic E-state index is -3.34. The average molecular weight is 281 g/mol. The van der Waals surface area contributed by atoms with Crippen molar-refractivity contribution in [1.29, 1.82) is 0 Å². The number of rotatable bonds is 2. The lowest BCUT2D eigenvalue weighted by Crippen LogP contribution is -2.06. The van der Waals surface area contributed by atoms with Gasteiger partial charge >= 0.3 is 0 Å². The van der Waals surface area contributed by atoms with Crippen molar-refractivity contribution in [3.63, 3.8) is 0 Å². The molecule has 0 aliphatic heterocycles. The van der Waals surface area contributed by atoms with Crippen LogP contribution in [0.2, 0.25) is 0 Å². The van der Waals surface area contributed by atoms with Crippen LogP contribution in [-0.2, 0) is 16.9 Å². The Morgan fingerprint density at radius 1 is 1.05 bits per heavy atom. The van der Waals surface area contributed by atoms with Gasteiger partial charge in [0.15, 0.2) is 5.82 Å². The van der Waals surface area contributed by atoms with Gasteiger partial charge in [0.25, 0.3) is 0 Å². The molecule has 104 valence electrons. The van der Waals surface area contributed by atoms with E-state index in [0.29, 0.717) is 5.82 Å². The van der Waals surface area contributed by atoms with Crippen molar-refractivity contribution < 1.29 is 8.42 Å². The van der Waals surface area contributed by atoms with E-state index in [1.807, 2.05) is 45.0 Å². The zero-order chi connectivity index (χ0) is 14.6. The second kappa shape index (κ2) is 5.97. The third-order valence-corrected chi connectivity index (χ3v) is 3.50. The molecule has 0 atom stereocenters. The standard InChI is InChI=1S/C11H13N3O2S.C2H6/c1-8-4-6-9(7-5-8)10-12-13-11(14(10)2)17(3,15)16;1-2/h4-7H,1-3H3;1-2H3. The predicted octanol–water partition coefficient (Wildman–Crippen LogP) is 2.22. The van der Waals surface area contributed by atoms with Gasteiger partial charge in [-0.15, -0.1) is 10.2 Å². The van der Waals surface area contributed by atoms with Crippen molar-refractivity contribution in [2.45, 2.75) is 25.9 Å². The molecule has 1 aromatic carbocycles. The Kier molecular flexibility index (Phi) is 4.83. The lowest BCUT2D eigenvalue weighted by molar-refractivity contribution is 0.584. The van der Waals surface area contributed by atoms with Crippen LogP contribution in [0.5, 0.6) is 0 Å². The molecule has 0 aliphatic rings. The summed E-state index contributed by atoms with van der Waals surface area (Å²) in [6, 6.07) is 7.69. The topological polar surface area (TPSA) is 64.8 Å². The molecule has 0 amide bonds. The molecule has 2 rings (SSSR count). The highest BCUT2D eigenvalue weighted by Crippen LogP contribution is 2.19. The van der Waals surface area contributed by atoms with Gasteiger partial charge in [-0.25, -0.2) is 8.42 Å². The second-order valence-corrected chi connectivity index (χ2v) is 5.91.